The van der Waals surface area contributed by atoms with Crippen molar-refractivity contribution < 1.29 is 9.47 Å². The van der Waals surface area contributed by atoms with Gasteiger partial charge in [-0.15, -0.1) is 0 Å². The Morgan fingerprint density at radius 3 is 2.38 bits per heavy atom. The molecule has 1 atom stereocenters. The maximum Gasteiger partial charge on any atom is 0.123 e. The normalized spacial score (nSPS) is 12.0. The van der Waals surface area contributed by atoms with Gasteiger partial charge in [0.05, 0.1) is 14.2 Å². The zero-order valence-corrected chi connectivity index (χ0v) is 14.1. The third-order valence-electron chi connectivity index (χ3n) is 3.46. The highest BCUT2D eigenvalue weighted by atomic mass is 79.9. The molecule has 1 N–H and O–H groups in total. The maximum absolute atomic E-state index is 5.39. The van der Waals surface area contributed by atoms with E-state index in [2.05, 4.69) is 46.4 Å². The van der Waals surface area contributed by atoms with E-state index in [0.29, 0.717) is 0 Å². The van der Waals surface area contributed by atoms with E-state index in [1.807, 2.05) is 24.3 Å². The average Bonchev–Trinajstić information content (AvgIpc) is 2.52. The molecule has 0 fully saturated rings. The standard InChI is InChI=1S/C17H20BrNO2/c1-12(13-4-7-16(20-2)8-5-13)19-11-14-10-15(18)6-9-17(14)21-3/h4-10,12,19H,11H2,1-3H3/t12-/m1/s1. The summed E-state index contributed by atoms with van der Waals surface area (Å²) < 4.78 is 11.6. The zero-order valence-electron chi connectivity index (χ0n) is 12.5. The Balaban J connectivity index is 2.03. The van der Waals surface area contributed by atoms with Crippen molar-refractivity contribution in [3.63, 3.8) is 0 Å². The first-order chi connectivity index (χ1) is 10.1. The summed E-state index contributed by atoms with van der Waals surface area (Å²) in [5.74, 6) is 1.77. The van der Waals surface area contributed by atoms with Crippen molar-refractivity contribution in [1.29, 1.82) is 0 Å². The monoisotopic (exact) mass is 349 g/mol. The van der Waals surface area contributed by atoms with E-state index in [1.165, 1.54) is 5.56 Å². The summed E-state index contributed by atoms with van der Waals surface area (Å²) in [7, 11) is 3.37. The Bertz CT molecular complexity index is 584. The van der Waals surface area contributed by atoms with Crippen LogP contribution >= 0.6 is 15.9 Å². The van der Waals surface area contributed by atoms with Crippen molar-refractivity contribution in [3.05, 3.63) is 58.1 Å². The molecular formula is C17H20BrNO2. The van der Waals surface area contributed by atoms with E-state index in [-0.39, 0.29) is 6.04 Å². The predicted molar refractivity (Wildman–Crippen MR) is 88.9 cm³/mol. The Morgan fingerprint density at radius 1 is 1.05 bits per heavy atom. The highest BCUT2D eigenvalue weighted by Gasteiger charge is 2.08. The van der Waals surface area contributed by atoms with Gasteiger partial charge in [-0.25, -0.2) is 0 Å². The predicted octanol–water partition coefficient (Wildman–Crippen LogP) is 4.32. The summed E-state index contributed by atoms with van der Waals surface area (Å²) in [6.07, 6.45) is 0. The van der Waals surface area contributed by atoms with E-state index in [9.17, 15) is 0 Å². The minimum Gasteiger partial charge on any atom is -0.497 e. The smallest absolute Gasteiger partial charge is 0.123 e. The topological polar surface area (TPSA) is 30.5 Å². The molecule has 2 aromatic rings. The molecule has 0 aromatic heterocycles. The number of methoxy groups -OCH3 is 2. The molecular weight excluding hydrogens is 330 g/mol. The molecule has 0 aliphatic rings. The molecule has 21 heavy (non-hydrogen) atoms. The van der Waals surface area contributed by atoms with E-state index >= 15 is 0 Å². The van der Waals surface area contributed by atoms with Crippen LogP contribution in [0, 0.1) is 0 Å². The van der Waals surface area contributed by atoms with Gasteiger partial charge in [-0.3, -0.25) is 0 Å². The lowest BCUT2D eigenvalue weighted by Gasteiger charge is -2.16. The zero-order chi connectivity index (χ0) is 15.2. The Morgan fingerprint density at radius 2 is 1.76 bits per heavy atom. The van der Waals surface area contributed by atoms with Gasteiger partial charge in [0.1, 0.15) is 11.5 Å². The number of nitrogens with one attached hydrogen (secondary N) is 1. The first-order valence-electron chi connectivity index (χ1n) is 6.83. The third-order valence-corrected chi connectivity index (χ3v) is 3.95. The van der Waals surface area contributed by atoms with Gasteiger partial charge in [-0.1, -0.05) is 28.1 Å². The molecule has 0 saturated carbocycles. The second kappa shape index (κ2) is 7.48. The van der Waals surface area contributed by atoms with Crippen LogP contribution in [0.2, 0.25) is 0 Å². The van der Waals surface area contributed by atoms with Gasteiger partial charge >= 0.3 is 0 Å². The summed E-state index contributed by atoms with van der Waals surface area (Å²) in [5.41, 5.74) is 2.36. The summed E-state index contributed by atoms with van der Waals surface area (Å²) >= 11 is 3.50. The molecule has 4 heteroatoms. The van der Waals surface area contributed by atoms with Crippen LogP contribution < -0.4 is 14.8 Å². The summed E-state index contributed by atoms with van der Waals surface area (Å²) in [6.45, 7) is 2.89. The number of ether oxygens (including phenoxy) is 2. The van der Waals surface area contributed by atoms with Crippen molar-refractivity contribution in [2.24, 2.45) is 0 Å². The number of rotatable bonds is 6. The summed E-state index contributed by atoms with van der Waals surface area (Å²) in [6, 6.07) is 14.4. The van der Waals surface area contributed by atoms with Crippen LogP contribution in [-0.2, 0) is 6.54 Å². The molecule has 0 heterocycles. The maximum atomic E-state index is 5.39. The summed E-state index contributed by atoms with van der Waals surface area (Å²) in [4.78, 5) is 0. The first kappa shape index (κ1) is 15.9. The van der Waals surface area contributed by atoms with Gasteiger partial charge < -0.3 is 14.8 Å². The molecule has 112 valence electrons. The van der Waals surface area contributed by atoms with Crippen molar-refractivity contribution in [2.75, 3.05) is 14.2 Å². The van der Waals surface area contributed by atoms with Crippen molar-refractivity contribution >= 4 is 15.9 Å². The van der Waals surface area contributed by atoms with Crippen LogP contribution in [0.4, 0.5) is 0 Å². The fraction of sp³-hybridized carbons (Fsp3) is 0.294. The van der Waals surface area contributed by atoms with Crippen LogP contribution in [0.1, 0.15) is 24.1 Å². The SMILES string of the molecule is COc1ccc([C@@H](C)NCc2cc(Br)ccc2OC)cc1. The Hall–Kier alpha value is -1.52. The number of halogens is 1. The Labute approximate surface area is 134 Å². The van der Waals surface area contributed by atoms with Crippen LogP contribution in [0.15, 0.2) is 46.9 Å². The molecule has 0 radical (unpaired) electrons. The van der Waals surface area contributed by atoms with E-state index in [1.54, 1.807) is 14.2 Å². The van der Waals surface area contributed by atoms with E-state index in [4.69, 9.17) is 9.47 Å². The molecule has 2 rings (SSSR count). The third kappa shape index (κ3) is 4.22. The first-order valence-corrected chi connectivity index (χ1v) is 7.63. The fourth-order valence-corrected chi connectivity index (χ4v) is 2.57. The largest absolute Gasteiger partial charge is 0.497 e. The van der Waals surface area contributed by atoms with E-state index in [0.717, 1.165) is 28.1 Å². The number of benzene rings is 2. The highest BCUT2D eigenvalue weighted by molar-refractivity contribution is 9.10. The van der Waals surface area contributed by atoms with Crippen LogP contribution in [0.25, 0.3) is 0 Å². The van der Waals surface area contributed by atoms with Crippen molar-refractivity contribution in [1.82, 2.24) is 5.32 Å². The second-order valence-electron chi connectivity index (χ2n) is 4.83. The Kier molecular flexibility index (Phi) is 5.65. The van der Waals surface area contributed by atoms with Gasteiger partial charge in [0, 0.05) is 22.6 Å². The van der Waals surface area contributed by atoms with Gasteiger partial charge in [-0.2, -0.15) is 0 Å². The molecule has 0 unspecified atom stereocenters. The lowest BCUT2D eigenvalue weighted by Crippen LogP contribution is -2.18. The molecule has 0 saturated heterocycles. The van der Waals surface area contributed by atoms with Gasteiger partial charge in [0.25, 0.3) is 0 Å². The average molecular weight is 350 g/mol. The number of hydrogen-bond acceptors (Lipinski definition) is 3. The van der Waals surface area contributed by atoms with Crippen LogP contribution in [-0.4, -0.2) is 14.2 Å². The quantitative estimate of drug-likeness (QED) is 0.842. The van der Waals surface area contributed by atoms with Gasteiger partial charge in [0.2, 0.25) is 0 Å². The molecule has 0 aliphatic heterocycles. The fourth-order valence-electron chi connectivity index (χ4n) is 2.16. The minimum absolute atomic E-state index is 0.250. The molecule has 0 aliphatic carbocycles. The lowest BCUT2D eigenvalue weighted by molar-refractivity contribution is 0.406. The van der Waals surface area contributed by atoms with Gasteiger partial charge in [0.15, 0.2) is 0 Å². The molecule has 0 spiro atoms. The highest BCUT2D eigenvalue weighted by Crippen LogP contribution is 2.24. The molecule has 0 bridgehead atoms. The van der Waals surface area contributed by atoms with Crippen molar-refractivity contribution in [2.45, 2.75) is 19.5 Å². The molecule has 0 amide bonds. The second-order valence-corrected chi connectivity index (χ2v) is 5.75. The van der Waals surface area contributed by atoms with Crippen molar-refractivity contribution in [3.8, 4) is 11.5 Å². The lowest BCUT2D eigenvalue weighted by atomic mass is 10.1. The van der Waals surface area contributed by atoms with E-state index < -0.39 is 0 Å². The molecule has 3 nitrogen and oxygen atoms in total. The van der Waals surface area contributed by atoms with Gasteiger partial charge in [-0.05, 0) is 42.8 Å². The minimum atomic E-state index is 0.250. The van der Waals surface area contributed by atoms with Crippen LogP contribution in [0.5, 0.6) is 11.5 Å². The molecule has 2 aromatic carbocycles. The van der Waals surface area contributed by atoms with Crippen LogP contribution in [0.3, 0.4) is 0 Å². The number of hydrogen-bond donors (Lipinski definition) is 1. The summed E-state index contributed by atoms with van der Waals surface area (Å²) in [5, 5.41) is 3.51.